The Morgan fingerprint density at radius 1 is 1.47 bits per heavy atom. The Hall–Kier alpha value is -1.39. The third-order valence-electron chi connectivity index (χ3n) is 3.04. The Morgan fingerprint density at radius 3 is 2.47 bits per heavy atom. The van der Waals surface area contributed by atoms with Crippen LogP contribution in [0.2, 0.25) is 0 Å². The van der Waals surface area contributed by atoms with Crippen molar-refractivity contribution in [3.05, 3.63) is 0 Å². The Labute approximate surface area is 101 Å². The third kappa shape index (κ3) is 2.84. The van der Waals surface area contributed by atoms with Crippen molar-refractivity contribution in [1.82, 2.24) is 4.90 Å². The minimum atomic E-state index is -0.447. The summed E-state index contributed by atoms with van der Waals surface area (Å²) in [7, 11) is 0. The summed E-state index contributed by atoms with van der Waals surface area (Å²) in [6.45, 7) is 6.88. The number of imide groups is 1. The lowest BCUT2D eigenvalue weighted by atomic mass is 9.88. The zero-order valence-corrected chi connectivity index (χ0v) is 10.8. The van der Waals surface area contributed by atoms with Gasteiger partial charge in [0.25, 0.3) is 5.91 Å². The summed E-state index contributed by atoms with van der Waals surface area (Å²) in [5.41, 5.74) is -0.447. The molecule has 2 amide bonds. The SMILES string of the molecule is CCC(C)C(=O)OCC(=O)N1C(=O)CC1(C)C. The lowest BCUT2D eigenvalue weighted by Crippen LogP contribution is -2.63. The Bertz CT molecular complexity index is 348. The molecule has 5 nitrogen and oxygen atoms in total. The number of ether oxygens (including phenoxy) is 1. The highest BCUT2D eigenvalue weighted by Gasteiger charge is 2.47. The van der Waals surface area contributed by atoms with E-state index in [4.69, 9.17) is 4.74 Å². The fourth-order valence-electron chi connectivity index (χ4n) is 1.76. The maximum absolute atomic E-state index is 11.7. The standard InChI is InChI=1S/C12H19NO4/c1-5-8(2)11(16)17-7-10(15)13-9(14)6-12(13,3)4/h8H,5-7H2,1-4H3. The van der Waals surface area contributed by atoms with E-state index in [2.05, 4.69) is 0 Å². The predicted molar refractivity (Wildman–Crippen MR) is 61.0 cm³/mol. The van der Waals surface area contributed by atoms with Gasteiger partial charge in [0.15, 0.2) is 6.61 Å². The van der Waals surface area contributed by atoms with Crippen LogP contribution in [0.5, 0.6) is 0 Å². The first-order valence-electron chi connectivity index (χ1n) is 5.82. The first-order valence-corrected chi connectivity index (χ1v) is 5.82. The molecule has 17 heavy (non-hydrogen) atoms. The number of β-lactam (4-membered cyclic amide) rings is 1. The van der Waals surface area contributed by atoms with Gasteiger partial charge in [-0.2, -0.15) is 0 Å². The molecule has 1 aliphatic heterocycles. The molecule has 1 heterocycles. The highest BCUT2D eigenvalue weighted by Crippen LogP contribution is 2.30. The van der Waals surface area contributed by atoms with Crippen molar-refractivity contribution >= 4 is 17.8 Å². The molecule has 0 aromatic carbocycles. The Morgan fingerprint density at radius 2 is 2.06 bits per heavy atom. The van der Waals surface area contributed by atoms with Gasteiger partial charge in [-0.3, -0.25) is 19.3 Å². The number of carbonyl (C=O) groups excluding carboxylic acids is 3. The van der Waals surface area contributed by atoms with Crippen LogP contribution in [0.1, 0.15) is 40.5 Å². The van der Waals surface area contributed by atoms with Gasteiger partial charge in [-0.1, -0.05) is 13.8 Å². The van der Waals surface area contributed by atoms with Crippen molar-refractivity contribution in [3.63, 3.8) is 0 Å². The topological polar surface area (TPSA) is 63.7 Å². The minimum Gasteiger partial charge on any atom is -0.455 e. The zero-order valence-electron chi connectivity index (χ0n) is 10.8. The largest absolute Gasteiger partial charge is 0.455 e. The van der Waals surface area contributed by atoms with Gasteiger partial charge in [-0.15, -0.1) is 0 Å². The van der Waals surface area contributed by atoms with Crippen molar-refractivity contribution < 1.29 is 19.1 Å². The first-order chi connectivity index (χ1) is 7.79. The number of rotatable bonds is 4. The smallest absolute Gasteiger partial charge is 0.309 e. The van der Waals surface area contributed by atoms with Gasteiger partial charge in [0.05, 0.1) is 17.9 Å². The van der Waals surface area contributed by atoms with E-state index in [9.17, 15) is 14.4 Å². The van der Waals surface area contributed by atoms with Crippen molar-refractivity contribution in [2.75, 3.05) is 6.61 Å². The highest BCUT2D eigenvalue weighted by atomic mass is 16.5. The molecule has 0 aromatic rings. The average Bonchev–Trinajstić information content (AvgIpc) is 2.23. The van der Waals surface area contributed by atoms with Crippen LogP contribution in [0, 0.1) is 5.92 Å². The lowest BCUT2D eigenvalue weighted by molar-refractivity contribution is -0.171. The van der Waals surface area contributed by atoms with E-state index in [0.29, 0.717) is 12.8 Å². The maximum atomic E-state index is 11.7. The van der Waals surface area contributed by atoms with E-state index < -0.39 is 17.4 Å². The second kappa shape index (κ2) is 4.85. The molecule has 0 N–H and O–H groups in total. The second-order valence-corrected chi connectivity index (χ2v) is 5.03. The quantitative estimate of drug-likeness (QED) is 0.546. The number of esters is 1. The summed E-state index contributed by atoms with van der Waals surface area (Å²) in [5.74, 6) is -1.27. The van der Waals surface area contributed by atoms with Crippen molar-refractivity contribution in [2.45, 2.75) is 46.1 Å². The fourth-order valence-corrected chi connectivity index (χ4v) is 1.76. The molecular weight excluding hydrogens is 222 g/mol. The minimum absolute atomic E-state index is 0.209. The molecule has 96 valence electrons. The summed E-state index contributed by atoms with van der Waals surface area (Å²) < 4.78 is 4.87. The van der Waals surface area contributed by atoms with Crippen molar-refractivity contribution in [1.29, 1.82) is 0 Å². The van der Waals surface area contributed by atoms with E-state index >= 15 is 0 Å². The van der Waals surface area contributed by atoms with E-state index in [1.165, 1.54) is 0 Å². The van der Waals surface area contributed by atoms with Crippen molar-refractivity contribution in [2.24, 2.45) is 5.92 Å². The van der Waals surface area contributed by atoms with Crippen LogP contribution in [0.4, 0.5) is 0 Å². The molecule has 0 spiro atoms. The van der Waals surface area contributed by atoms with E-state index in [0.717, 1.165) is 4.90 Å². The summed E-state index contributed by atoms with van der Waals surface area (Å²) in [6.07, 6.45) is 1.03. The van der Waals surface area contributed by atoms with Crippen LogP contribution >= 0.6 is 0 Å². The predicted octanol–water partition coefficient (Wildman–Crippen LogP) is 1.11. The average molecular weight is 241 g/mol. The fraction of sp³-hybridized carbons (Fsp3) is 0.750. The van der Waals surface area contributed by atoms with Crippen LogP contribution in [0.15, 0.2) is 0 Å². The van der Waals surface area contributed by atoms with Gasteiger partial charge in [-0.05, 0) is 20.3 Å². The van der Waals surface area contributed by atoms with Gasteiger partial charge in [0, 0.05) is 0 Å². The maximum Gasteiger partial charge on any atom is 0.309 e. The third-order valence-corrected chi connectivity index (χ3v) is 3.04. The second-order valence-electron chi connectivity index (χ2n) is 5.03. The molecule has 1 aliphatic rings. The van der Waals surface area contributed by atoms with E-state index in [1.54, 1.807) is 6.92 Å². The molecule has 0 aliphatic carbocycles. The van der Waals surface area contributed by atoms with Crippen LogP contribution in [0.3, 0.4) is 0 Å². The normalized spacial score (nSPS) is 19.5. The molecule has 0 saturated carbocycles. The van der Waals surface area contributed by atoms with Crippen molar-refractivity contribution in [3.8, 4) is 0 Å². The summed E-state index contributed by atoms with van der Waals surface area (Å²) >= 11 is 0. The lowest BCUT2D eigenvalue weighted by Gasteiger charge is -2.45. The number of nitrogens with zero attached hydrogens (tertiary/aromatic N) is 1. The molecule has 0 bridgehead atoms. The summed E-state index contributed by atoms with van der Waals surface area (Å²) in [4.78, 5) is 35.5. The molecule has 5 heteroatoms. The van der Waals surface area contributed by atoms with Gasteiger partial charge in [0.2, 0.25) is 5.91 Å². The van der Waals surface area contributed by atoms with E-state index in [1.807, 2.05) is 20.8 Å². The molecule has 0 radical (unpaired) electrons. The number of hydrogen-bond acceptors (Lipinski definition) is 4. The van der Waals surface area contributed by atoms with Crippen LogP contribution in [0.25, 0.3) is 0 Å². The Kier molecular flexibility index (Phi) is 3.91. The summed E-state index contributed by atoms with van der Waals surface area (Å²) in [5, 5.41) is 0. The Balaban J connectivity index is 2.46. The molecule has 1 saturated heterocycles. The van der Waals surface area contributed by atoms with Crippen LogP contribution in [-0.2, 0) is 19.1 Å². The van der Waals surface area contributed by atoms with Gasteiger partial charge >= 0.3 is 5.97 Å². The van der Waals surface area contributed by atoms with Gasteiger partial charge in [-0.25, -0.2) is 0 Å². The number of likely N-dealkylation sites (tertiary alicyclic amines) is 1. The first kappa shape index (κ1) is 13.7. The van der Waals surface area contributed by atoms with Crippen LogP contribution in [-0.4, -0.2) is 34.8 Å². The molecular formula is C12H19NO4. The molecule has 1 fully saturated rings. The zero-order chi connectivity index (χ0) is 13.2. The molecule has 1 rings (SSSR count). The summed E-state index contributed by atoms with van der Waals surface area (Å²) in [6, 6.07) is 0. The van der Waals surface area contributed by atoms with Gasteiger partial charge < -0.3 is 4.74 Å². The molecule has 1 atom stereocenters. The number of carbonyl (C=O) groups is 3. The number of hydrogen-bond donors (Lipinski definition) is 0. The highest BCUT2D eigenvalue weighted by molar-refractivity contribution is 6.02. The molecule has 0 aromatic heterocycles. The van der Waals surface area contributed by atoms with Gasteiger partial charge in [0.1, 0.15) is 0 Å². The van der Waals surface area contributed by atoms with Crippen LogP contribution < -0.4 is 0 Å². The van der Waals surface area contributed by atoms with E-state index in [-0.39, 0.29) is 18.4 Å². The number of amides is 2. The monoisotopic (exact) mass is 241 g/mol. The molecule has 1 unspecified atom stereocenters.